The molecule has 0 unspecified atom stereocenters. The van der Waals surface area contributed by atoms with Gasteiger partial charge in [-0.3, -0.25) is 9.36 Å². The highest BCUT2D eigenvalue weighted by Gasteiger charge is 2.19. The molecule has 0 fully saturated rings. The molecule has 0 saturated carbocycles. The Morgan fingerprint density at radius 2 is 1.90 bits per heavy atom. The average Bonchev–Trinajstić information content (AvgIpc) is 3.50. The van der Waals surface area contributed by atoms with Crippen molar-refractivity contribution >= 4 is 17.7 Å². The van der Waals surface area contributed by atoms with E-state index in [0.717, 1.165) is 34.2 Å². The molecule has 4 rings (SSSR count). The van der Waals surface area contributed by atoms with Crippen molar-refractivity contribution in [1.29, 1.82) is 0 Å². The van der Waals surface area contributed by atoms with Crippen LogP contribution in [0.3, 0.4) is 0 Å². The van der Waals surface area contributed by atoms with E-state index in [1.165, 1.54) is 11.8 Å². The normalized spacial score (nSPS) is 11.1. The van der Waals surface area contributed by atoms with Crippen molar-refractivity contribution in [2.45, 2.75) is 32.1 Å². The first-order valence-electron chi connectivity index (χ1n) is 9.95. The second-order valence-corrected chi connectivity index (χ2v) is 8.28. The summed E-state index contributed by atoms with van der Waals surface area (Å²) in [6, 6.07) is 15.6. The zero-order chi connectivity index (χ0) is 21.8. The lowest BCUT2D eigenvalue weighted by molar-refractivity contribution is -0.127. The predicted octanol–water partition coefficient (Wildman–Crippen LogP) is 4.55. The lowest BCUT2D eigenvalue weighted by atomic mass is 10.1. The van der Waals surface area contributed by atoms with Gasteiger partial charge in [0.1, 0.15) is 17.3 Å². The van der Waals surface area contributed by atoms with Crippen LogP contribution in [0.25, 0.3) is 11.4 Å². The highest BCUT2D eigenvalue weighted by Crippen LogP contribution is 2.27. The van der Waals surface area contributed by atoms with E-state index < -0.39 is 0 Å². The average molecular weight is 437 g/mol. The molecular weight excluding hydrogens is 412 g/mol. The van der Waals surface area contributed by atoms with Gasteiger partial charge >= 0.3 is 0 Å². The molecule has 8 heteroatoms. The number of hydrogen-bond acceptors (Lipinski definition) is 6. The van der Waals surface area contributed by atoms with Crippen LogP contribution in [-0.4, -0.2) is 38.4 Å². The molecule has 0 aliphatic heterocycles. The Hall–Kier alpha value is -3.26. The summed E-state index contributed by atoms with van der Waals surface area (Å²) in [6.45, 7) is 4.85. The number of carbonyl (C=O) groups is 1. The number of aryl methyl sites for hydroxylation is 2. The summed E-state index contributed by atoms with van der Waals surface area (Å²) >= 11 is 1.37. The van der Waals surface area contributed by atoms with E-state index in [-0.39, 0.29) is 11.7 Å². The molecule has 3 aromatic heterocycles. The van der Waals surface area contributed by atoms with Crippen LogP contribution in [0, 0.1) is 13.8 Å². The van der Waals surface area contributed by atoms with Crippen molar-refractivity contribution in [3.63, 3.8) is 0 Å². The van der Waals surface area contributed by atoms with Crippen LogP contribution in [0.4, 0.5) is 0 Å². The Balaban J connectivity index is 1.52. The lowest BCUT2D eigenvalue weighted by Crippen LogP contribution is -2.27. The van der Waals surface area contributed by atoms with Crippen LogP contribution in [0.1, 0.15) is 22.8 Å². The Kier molecular flexibility index (Phi) is 6.27. The first-order valence-corrected chi connectivity index (χ1v) is 10.9. The van der Waals surface area contributed by atoms with Gasteiger partial charge in [-0.05, 0) is 43.7 Å². The molecule has 1 aromatic carbocycles. The molecule has 4 aromatic rings. The van der Waals surface area contributed by atoms with Crippen LogP contribution in [0.2, 0.25) is 0 Å². The van der Waals surface area contributed by atoms with Crippen LogP contribution in [-0.2, 0) is 17.9 Å². The van der Waals surface area contributed by atoms with Gasteiger partial charge in [-0.25, -0.2) is 0 Å². The van der Waals surface area contributed by atoms with Crippen LogP contribution in [0.15, 0.2) is 68.8 Å². The van der Waals surface area contributed by atoms with Gasteiger partial charge in [0.25, 0.3) is 0 Å². The van der Waals surface area contributed by atoms with Crippen molar-refractivity contribution in [3.05, 3.63) is 77.6 Å². The van der Waals surface area contributed by atoms with Crippen molar-refractivity contribution in [2.24, 2.45) is 0 Å². The number of benzene rings is 1. The fourth-order valence-electron chi connectivity index (χ4n) is 3.25. The highest BCUT2D eigenvalue weighted by atomic mass is 32.2. The zero-order valence-corrected chi connectivity index (χ0v) is 18.6. The number of nitrogens with zero attached hydrogens (tertiary/aromatic N) is 4. The van der Waals surface area contributed by atoms with Gasteiger partial charge in [-0.1, -0.05) is 36.0 Å². The minimum Gasteiger partial charge on any atom is -0.467 e. The largest absolute Gasteiger partial charge is 0.467 e. The summed E-state index contributed by atoms with van der Waals surface area (Å²) in [5.41, 5.74) is 2.11. The van der Waals surface area contributed by atoms with Gasteiger partial charge < -0.3 is 13.7 Å². The van der Waals surface area contributed by atoms with Crippen molar-refractivity contribution in [1.82, 2.24) is 19.7 Å². The standard InChI is InChI=1S/C23H24N4O3S/c1-16-7-4-5-9-20(16)22-24-25-23(27(22)14-18-8-6-12-29-18)31-15-21(28)26(3)13-19-11-10-17(2)30-19/h4-12H,13-15H2,1-3H3. The first kappa shape index (κ1) is 21.0. The second kappa shape index (κ2) is 9.26. The molecule has 0 bridgehead atoms. The highest BCUT2D eigenvalue weighted by molar-refractivity contribution is 7.99. The summed E-state index contributed by atoms with van der Waals surface area (Å²) in [5.74, 6) is 3.39. The maximum absolute atomic E-state index is 12.7. The van der Waals surface area contributed by atoms with Gasteiger partial charge in [0.2, 0.25) is 5.91 Å². The molecule has 0 spiro atoms. The third-order valence-electron chi connectivity index (χ3n) is 4.94. The topological polar surface area (TPSA) is 77.3 Å². The van der Waals surface area contributed by atoms with Gasteiger partial charge in [0, 0.05) is 12.6 Å². The number of furan rings is 2. The molecule has 0 radical (unpaired) electrons. The van der Waals surface area contributed by atoms with E-state index >= 15 is 0 Å². The first-order chi connectivity index (χ1) is 15.0. The van der Waals surface area contributed by atoms with Gasteiger partial charge in [-0.2, -0.15) is 0 Å². The fourth-order valence-corrected chi connectivity index (χ4v) is 4.13. The number of thioether (sulfide) groups is 1. The molecule has 3 heterocycles. The molecule has 0 aliphatic carbocycles. The molecule has 31 heavy (non-hydrogen) atoms. The van der Waals surface area contributed by atoms with Crippen LogP contribution >= 0.6 is 11.8 Å². The number of amides is 1. The minimum atomic E-state index is -0.0101. The van der Waals surface area contributed by atoms with Crippen molar-refractivity contribution in [2.75, 3.05) is 12.8 Å². The molecule has 1 amide bonds. The smallest absolute Gasteiger partial charge is 0.233 e. The third kappa shape index (κ3) is 4.91. The summed E-state index contributed by atoms with van der Waals surface area (Å²) in [4.78, 5) is 14.3. The molecule has 0 N–H and O–H groups in total. The molecule has 160 valence electrons. The minimum absolute atomic E-state index is 0.0101. The number of carbonyl (C=O) groups excluding carboxylic acids is 1. The zero-order valence-electron chi connectivity index (χ0n) is 17.7. The molecule has 0 saturated heterocycles. The summed E-state index contributed by atoms with van der Waals surface area (Å²) < 4.78 is 13.1. The van der Waals surface area contributed by atoms with Gasteiger partial charge in [0.15, 0.2) is 11.0 Å². The van der Waals surface area contributed by atoms with E-state index in [2.05, 4.69) is 10.2 Å². The van der Waals surface area contributed by atoms with Crippen molar-refractivity contribution < 1.29 is 13.6 Å². The Morgan fingerprint density at radius 3 is 2.61 bits per heavy atom. The number of aromatic nitrogens is 3. The quantitative estimate of drug-likeness (QED) is 0.377. The van der Waals surface area contributed by atoms with Gasteiger partial charge in [-0.15, -0.1) is 10.2 Å². The molecule has 0 atom stereocenters. The van der Waals surface area contributed by atoms with Crippen LogP contribution < -0.4 is 0 Å². The second-order valence-electron chi connectivity index (χ2n) is 7.34. The fraction of sp³-hybridized carbons (Fsp3) is 0.261. The lowest BCUT2D eigenvalue weighted by Gasteiger charge is -2.15. The molecule has 7 nitrogen and oxygen atoms in total. The van der Waals surface area contributed by atoms with E-state index in [1.807, 2.05) is 66.9 Å². The SMILES string of the molecule is Cc1ccc(CN(C)C(=O)CSc2nnc(-c3ccccc3C)n2Cc2ccco2)o1. The van der Waals surface area contributed by atoms with E-state index in [0.29, 0.717) is 18.2 Å². The van der Waals surface area contributed by atoms with E-state index in [9.17, 15) is 4.79 Å². The molecule has 0 aliphatic rings. The third-order valence-corrected chi connectivity index (χ3v) is 5.89. The Morgan fingerprint density at radius 1 is 1.06 bits per heavy atom. The van der Waals surface area contributed by atoms with Crippen molar-refractivity contribution in [3.8, 4) is 11.4 Å². The van der Waals surface area contributed by atoms with Crippen LogP contribution in [0.5, 0.6) is 0 Å². The summed E-state index contributed by atoms with van der Waals surface area (Å²) in [7, 11) is 1.77. The van der Waals surface area contributed by atoms with E-state index in [1.54, 1.807) is 18.2 Å². The number of rotatable bonds is 8. The molecular formula is C23H24N4O3S. The number of hydrogen-bond donors (Lipinski definition) is 0. The van der Waals surface area contributed by atoms with E-state index in [4.69, 9.17) is 8.83 Å². The Bertz CT molecular complexity index is 1160. The van der Waals surface area contributed by atoms with Gasteiger partial charge in [0.05, 0.1) is 25.1 Å². The maximum atomic E-state index is 12.7. The summed E-state index contributed by atoms with van der Waals surface area (Å²) in [5, 5.41) is 9.48. The maximum Gasteiger partial charge on any atom is 0.233 e. The summed E-state index contributed by atoms with van der Waals surface area (Å²) in [6.07, 6.45) is 1.65. The monoisotopic (exact) mass is 436 g/mol. The predicted molar refractivity (Wildman–Crippen MR) is 119 cm³/mol. The Labute approximate surface area is 185 Å².